The predicted octanol–water partition coefficient (Wildman–Crippen LogP) is 0.474. The molecule has 1 aromatic heterocycles. The van der Waals surface area contributed by atoms with Crippen molar-refractivity contribution in [1.82, 2.24) is 15.3 Å². The van der Waals surface area contributed by atoms with Crippen LogP contribution in [0.25, 0.3) is 0 Å². The summed E-state index contributed by atoms with van der Waals surface area (Å²) in [7, 11) is 0. The van der Waals surface area contributed by atoms with Gasteiger partial charge in [0, 0.05) is 18.3 Å². The van der Waals surface area contributed by atoms with Gasteiger partial charge in [0.25, 0.3) is 0 Å². The highest BCUT2D eigenvalue weighted by Crippen LogP contribution is 2.19. The molecule has 1 atom stereocenters. The molecule has 0 radical (unpaired) electrons. The van der Waals surface area contributed by atoms with Gasteiger partial charge in [-0.3, -0.25) is 4.79 Å². The van der Waals surface area contributed by atoms with Crippen LogP contribution in [0.5, 0.6) is 0 Å². The molecule has 0 aromatic carbocycles. The molecule has 0 unspecified atom stereocenters. The molecular formula is C9H10F3N3O3. The first-order chi connectivity index (χ1) is 8.28. The summed E-state index contributed by atoms with van der Waals surface area (Å²) in [6, 6.07) is -1.43. The van der Waals surface area contributed by atoms with Crippen molar-refractivity contribution < 1.29 is 27.9 Å². The number of imidazole rings is 1. The number of hydrogen-bond acceptors (Lipinski definition) is 3. The standard InChI is InChI=1S/C9H10F3N3O3/c10-9(11,12)2-7(16)15-6(8(17)18)1-5-3-13-4-14-5/h3-4,6H,1-2H2,(H,13,14)(H,15,16)(H,17,18)/t6-/m1/s1. The molecular weight excluding hydrogens is 255 g/mol. The molecule has 1 amide bonds. The third kappa shape index (κ3) is 4.85. The Labute approximate surface area is 99.2 Å². The average Bonchev–Trinajstić information content (AvgIpc) is 2.66. The van der Waals surface area contributed by atoms with E-state index in [1.54, 1.807) is 5.32 Å². The Morgan fingerprint density at radius 3 is 2.61 bits per heavy atom. The van der Waals surface area contributed by atoms with Gasteiger partial charge in [0.1, 0.15) is 12.5 Å². The second kappa shape index (κ2) is 5.52. The monoisotopic (exact) mass is 265 g/mol. The number of aromatic nitrogens is 2. The highest BCUT2D eigenvalue weighted by molar-refractivity contribution is 5.84. The van der Waals surface area contributed by atoms with Crippen molar-refractivity contribution in [3.05, 3.63) is 18.2 Å². The summed E-state index contributed by atoms with van der Waals surface area (Å²) in [6.07, 6.45) is -3.92. The number of nitrogens with one attached hydrogen (secondary N) is 2. The van der Waals surface area contributed by atoms with Gasteiger partial charge >= 0.3 is 12.1 Å². The molecule has 0 saturated carbocycles. The summed E-state index contributed by atoms with van der Waals surface area (Å²) in [4.78, 5) is 28.0. The molecule has 18 heavy (non-hydrogen) atoms. The van der Waals surface area contributed by atoms with Crippen molar-refractivity contribution in [3.63, 3.8) is 0 Å². The maximum Gasteiger partial charge on any atom is 0.397 e. The maximum atomic E-state index is 11.9. The van der Waals surface area contributed by atoms with Crippen LogP contribution in [0.4, 0.5) is 13.2 Å². The van der Waals surface area contributed by atoms with E-state index in [9.17, 15) is 22.8 Å². The van der Waals surface area contributed by atoms with Crippen LogP contribution in [-0.2, 0) is 16.0 Å². The van der Waals surface area contributed by atoms with Crippen LogP contribution < -0.4 is 5.32 Å². The van der Waals surface area contributed by atoms with Crippen molar-refractivity contribution in [2.75, 3.05) is 0 Å². The Kier molecular flexibility index (Phi) is 4.29. The zero-order valence-corrected chi connectivity index (χ0v) is 8.99. The summed E-state index contributed by atoms with van der Waals surface area (Å²) in [5.74, 6) is -2.80. The van der Waals surface area contributed by atoms with E-state index in [2.05, 4.69) is 9.97 Å². The normalized spacial score (nSPS) is 13.1. The van der Waals surface area contributed by atoms with Crippen molar-refractivity contribution in [2.24, 2.45) is 0 Å². The second-order valence-electron chi connectivity index (χ2n) is 3.53. The number of carbonyl (C=O) groups excluding carboxylic acids is 1. The molecule has 0 saturated heterocycles. The molecule has 3 N–H and O–H groups in total. The van der Waals surface area contributed by atoms with Gasteiger partial charge in [0.05, 0.1) is 6.33 Å². The number of carbonyl (C=O) groups is 2. The SMILES string of the molecule is O=C(CC(F)(F)F)N[C@H](Cc1cnc[nH]1)C(=O)O. The zero-order valence-electron chi connectivity index (χ0n) is 8.99. The van der Waals surface area contributed by atoms with Gasteiger partial charge < -0.3 is 15.4 Å². The molecule has 0 aliphatic carbocycles. The topological polar surface area (TPSA) is 95.1 Å². The molecule has 100 valence electrons. The van der Waals surface area contributed by atoms with Crippen LogP contribution in [0.2, 0.25) is 0 Å². The number of carboxylic acids is 1. The van der Waals surface area contributed by atoms with Gasteiger partial charge in [-0.15, -0.1) is 0 Å². The molecule has 0 spiro atoms. The Morgan fingerprint density at radius 2 is 2.17 bits per heavy atom. The van der Waals surface area contributed by atoms with Gasteiger partial charge in [0.15, 0.2) is 0 Å². The van der Waals surface area contributed by atoms with E-state index in [1.807, 2.05) is 0 Å². The fraction of sp³-hybridized carbons (Fsp3) is 0.444. The number of hydrogen-bond donors (Lipinski definition) is 3. The van der Waals surface area contributed by atoms with Crippen LogP contribution in [0.15, 0.2) is 12.5 Å². The Balaban J connectivity index is 2.58. The highest BCUT2D eigenvalue weighted by Gasteiger charge is 2.33. The molecule has 1 aromatic rings. The quantitative estimate of drug-likeness (QED) is 0.721. The smallest absolute Gasteiger partial charge is 0.397 e. The molecule has 1 heterocycles. The number of aliphatic carboxylic acids is 1. The number of carboxylic acid groups (broad SMARTS) is 1. The lowest BCUT2D eigenvalue weighted by molar-refractivity contribution is -0.156. The lowest BCUT2D eigenvalue weighted by atomic mass is 10.1. The van der Waals surface area contributed by atoms with Crippen LogP contribution in [0.3, 0.4) is 0 Å². The van der Waals surface area contributed by atoms with Gasteiger partial charge in [-0.05, 0) is 0 Å². The molecule has 0 bridgehead atoms. The summed E-state index contributed by atoms with van der Waals surface area (Å²) >= 11 is 0. The fourth-order valence-electron chi connectivity index (χ4n) is 1.24. The molecule has 0 aliphatic rings. The number of aromatic amines is 1. The Hall–Kier alpha value is -2.06. The van der Waals surface area contributed by atoms with Crippen LogP contribution in [0, 0.1) is 0 Å². The number of alkyl halides is 3. The van der Waals surface area contributed by atoms with E-state index >= 15 is 0 Å². The largest absolute Gasteiger partial charge is 0.480 e. The zero-order chi connectivity index (χ0) is 13.8. The second-order valence-corrected chi connectivity index (χ2v) is 3.53. The minimum atomic E-state index is -4.67. The third-order valence-corrected chi connectivity index (χ3v) is 1.97. The molecule has 0 aliphatic heterocycles. The Morgan fingerprint density at radius 1 is 1.50 bits per heavy atom. The average molecular weight is 265 g/mol. The van der Waals surface area contributed by atoms with Crippen LogP contribution in [0.1, 0.15) is 12.1 Å². The summed E-state index contributed by atoms with van der Waals surface area (Å²) in [5, 5.41) is 10.6. The maximum absolute atomic E-state index is 11.9. The number of nitrogens with zero attached hydrogens (tertiary/aromatic N) is 1. The first-order valence-corrected chi connectivity index (χ1v) is 4.84. The summed E-state index contributed by atoms with van der Waals surface area (Å²) in [6.45, 7) is 0. The first-order valence-electron chi connectivity index (χ1n) is 4.84. The lowest BCUT2D eigenvalue weighted by Gasteiger charge is -2.14. The fourth-order valence-corrected chi connectivity index (χ4v) is 1.24. The molecule has 1 rings (SSSR count). The third-order valence-electron chi connectivity index (χ3n) is 1.97. The van der Waals surface area contributed by atoms with E-state index in [1.165, 1.54) is 12.5 Å². The van der Waals surface area contributed by atoms with E-state index in [-0.39, 0.29) is 6.42 Å². The molecule has 0 fully saturated rings. The molecule has 6 nitrogen and oxygen atoms in total. The van der Waals surface area contributed by atoms with E-state index in [4.69, 9.17) is 5.11 Å². The highest BCUT2D eigenvalue weighted by atomic mass is 19.4. The molecule has 9 heteroatoms. The minimum Gasteiger partial charge on any atom is -0.480 e. The Bertz CT molecular complexity index is 416. The van der Waals surface area contributed by atoms with E-state index in [0.717, 1.165) is 0 Å². The van der Waals surface area contributed by atoms with E-state index < -0.39 is 30.5 Å². The van der Waals surface area contributed by atoms with E-state index in [0.29, 0.717) is 5.69 Å². The van der Waals surface area contributed by atoms with Crippen molar-refractivity contribution in [2.45, 2.75) is 25.1 Å². The number of rotatable bonds is 5. The van der Waals surface area contributed by atoms with Gasteiger partial charge in [-0.2, -0.15) is 13.2 Å². The van der Waals surface area contributed by atoms with Gasteiger partial charge in [0.2, 0.25) is 5.91 Å². The van der Waals surface area contributed by atoms with Crippen molar-refractivity contribution in [3.8, 4) is 0 Å². The summed E-state index contributed by atoms with van der Waals surface area (Å²) in [5.41, 5.74) is 0.398. The van der Waals surface area contributed by atoms with Crippen molar-refractivity contribution in [1.29, 1.82) is 0 Å². The van der Waals surface area contributed by atoms with Crippen molar-refractivity contribution >= 4 is 11.9 Å². The summed E-state index contributed by atoms with van der Waals surface area (Å²) < 4.78 is 35.7. The number of H-pyrrole nitrogens is 1. The predicted molar refractivity (Wildman–Crippen MR) is 52.5 cm³/mol. The van der Waals surface area contributed by atoms with Crippen LogP contribution >= 0.6 is 0 Å². The van der Waals surface area contributed by atoms with Gasteiger partial charge in [-0.1, -0.05) is 0 Å². The minimum absolute atomic E-state index is 0.168. The number of amides is 1. The van der Waals surface area contributed by atoms with Crippen LogP contribution in [-0.4, -0.2) is 39.2 Å². The van der Waals surface area contributed by atoms with Gasteiger partial charge in [-0.25, -0.2) is 9.78 Å². The number of halogens is 3. The lowest BCUT2D eigenvalue weighted by Crippen LogP contribution is -2.43. The first kappa shape index (κ1) is 14.0.